The van der Waals surface area contributed by atoms with Crippen LogP contribution < -0.4 is 0 Å². The third-order valence-corrected chi connectivity index (χ3v) is 3.54. The molecule has 1 aromatic carbocycles. The number of alkyl halides is 3. The lowest BCUT2D eigenvalue weighted by atomic mass is 10.2. The van der Waals surface area contributed by atoms with Crippen LogP contribution in [0.25, 0.3) is 5.69 Å². The number of aromatic nitrogens is 2. The predicted molar refractivity (Wildman–Crippen MR) is 85.1 cm³/mol. The maximum atomic E-state index is 13.6. The second-order valence-electron chi connectivity index (χ2n) is 5.44. The first-order valence-corrected chi connectivity index (χ1v) is 7.90. The summed E-state index contributed by atoms with van der Waals surface area (Å²) in [7, 11) is 0. The first-order valence-electron chi connectivity index (χ1n) is 7.90. The van der Waals surface area contributed by atoms with Crippen molar-refractivity contribution in [2.45, 2.75) is 32.9 Å². The van der Waals surface area contributed by atoms with Crippen LogP contribution in [0.1, 0.15) is 42.7 Å². The minimum Gasteiger partial charge on any atom is -0.339 e. The highest BCUT2D eigenvalue weighted by molar-refractivity contribution is 5.95. The normalized spacial score (nSPS) is 11.5. The molecule has 0 saturated carbocycles. The van der Waals surface area contributed by atoms with Crippen LogP contribution in [0.3, 0.4) is 0 Å². The predicted octanol–water partition coefficient (Wildman–Crippen LogP) is 4.15. The van der Waals surface area contributed by atoms with Crippen LogP contribution in [0, 0.1) is 0 Å². The van der Waals surface area contributed by atoms with E-state index in [-0.39, 0.29) is 5.69 Å². The zero-order chi connectivity index (χ0) is 17.7. The van der Waals surface area contributed by atoms with E-state index in [0.717, 1.165) is 10.9 Å². The number of benzene rings is 1. The molecule has 24 heavy (non-hydrogen) atoms. The zero-order valence-electron chi connectivity index (χ0n) is 13.7. The topological polar surface area (TPSA) is 38.1 Å². The number of carbonyl (C=O) groups excluding carboxylic acids is 1. The van der Waals surface area contributed by atoms with E-state index in [2.05, 4.69) is 5.10 Å². The van der Waals surface area contributed by atoms with Crippen LogP contribution in [-0.4, -0.2) is 33.7 Å². The minimum absolute atomic E-state index is 0.265. The van der Waals surface area contributed by atoms with Crippen molar-refractivity contribution >= 4 is 5.91 Å². The van der Waals surface area contributed by atoms with Crippen LogP contribution in [0.15, 0.2) is 36.5 Å². The average molecular weight is 339 g/mol. The number of nitrogens with zero attached hydrogens (tertiary/aromatic N) is 3. The molecule has 0 aliphatic carbocycles. The van der Waals surface area contributed by atoms with Gasteiger partial charge in [0.15, 0.2) is 5.69 Å². The Hall–Kier alpha value is -2.31. The summed E-state index contributed by atoms with van der Waals surface area (Å²) < 4.78 is 41.6. The molecule has 0 radical (unpaired) electrons. The quantitative estimate of drug-likeness (QED) is 0.793. The Labute approximate surface area is 138 Å². The molecule has 0 spiro atoms. The van der Waals surface area contributed by atoms with Crippen molar-refractivity contribution in [3.05, 3.63) is 47.8 Å². The molecule has 0 aliphatic heterocycles. The molecule has 0 unspecified atom stereocenters. The summed E-state index contributed by atoms with van der Waals surface area (Å²) >= 11 is 0. The number of hydrogen-bond acceptors (Lipinski definition) is 2. The van der Waals surface area contributed by atoms with E-state index in [4.69, 9.17) is 0 Å². The highest BCUT2D eigenvalue weighted by atomic mass is 19.4. The molecule has 0 N–H and O–H groups in total. The minimum atomic E-state index is -4.68. The molecular weight excluding hydrogens is 319 g/mol. The Balaban J connectivity index is 2.51. The van der Waals surface area contributed by atoms with Gasteiger partial charge in [-0.2, -0.15) is 18.3 Å². The van der Waals surface area contributed by atoms with Crippen LogP contribution in [0.5, 0.6) is 0 Å². The molecule has 1 aromatic heterocycles. The largest absolute Gasteiger partial charge is 0.434 e. The lowest BCUT2D eigenvalue weighted by molar-refractivity contribution is -0.143. The van der Waals surface area contributed by atoms with Crippen molar-refractivity contribution in [2.75, 3.05) is 13.1 Å². The average Bonchev–Trinajstić information content (AvgIpc) is 3.00. The highest BCUT2D eigenvalue weighted by Crippen LogP contribution is 2.34. The molecule has 0 saturated heterocycles. The molecule has 0 fully saturated rings. The van der Waals surface area contributed by atoms with Crippen LogP contribution in [0.4, 0.5) is 13.2 Å². The lowest BCUT2D eigenvalue weighted by Gasteiger charge is -2.22. The van der Waals surface area contributed by atoms with Gasteiger partial charge in [0.1, 0.15) is 0 Å². The third-order valence-electron chi connectivity index (χ3n) is 3.54. The fourth-order valence-corrected chi connectivity index (χ4v) is 2.57. The summed E-state index contributed by atoms with van der Waals surface area (Å²) in [5.74, 6) is -0.631. The highest BCUT2D eigenvalue weighted by Gasteiger charge is 2.41. The monoisotopic (exact) mass is 339 g/mol. The Morgan fingerprint density at radius 2 is 1.71 bits per heavy atom. The van der Waals surface area contributed by atoms with Crippen molar-refractivity contribution in [2.24, 2.45) is 0 Å². The van der Waals surface area contributed by atoms with Crippen molar-refractivity contribution in [3.63, 3.8) is 0 Å². The number of halogens is 3. The van der Waals surface area contributed by atoms with E-state index in [1.54, 1.807) is 18.2 Å². The Morgan fingerprint density at radius 1 is 1.12 bits per heavy atom. The third kappa shape index (κ3) is 3.77. The van der Waals surface area contributed by atoms with E-state index in [0.29, 0.717) is 25.9 Å². The summed E-state index contributed by atoms with van der Waals surface area (Å²) in [6, 6.07) is 7.99. The molecule has 0 atom stereocenters. The van der Waals surface area contributed by atoms with E-state index in [9.17, 15) is 18.0 Å². The number of para-hydroxylation sites is 1. The van der Waals surface area contributed by atoms with Crippen molar-refractivity contribution in [1.82, 2.24) is 14.7 Å². The van der Waals surface area contributed by atoms with Gasteiger partial charge in [-0.3, -0.25) is 4.79 Å². The summed E-state index contributed by atoms with van der Waals surface area (Å²) in [5.41, 5.74) is -1.18. The van der Waals surface area contributed by atoms with Gasteiger partial charge in [0.2, 0.25) is 0 Å². The molecule has 130 valence electrons. The van der Waals surface area contributed by atoms with Crippen LogP contribution >= 0.6 is 0 Å². The van der Waals surface area contributed by atoms with Gasteiger partial charge >= 0.3 is 6.18 Å². The van der Waals surface area contributed by atoms with Gasteiger partial charge in [-0.25, -0.2) is 4.68 Å². The summed E-state index contributed by atoms with van der Waals surface area (Å²) in [6.45, 7) is 4.60. The van der Waals surface area contributed by atoms with E-state index in [1.165, 1.54) is 17.0 Å². The SMILES string of the molecule is CCCN(CCC)C(=O)c1cnn(-c2ccccc2)c1C(F)(F)F. The number of carbonyl (C=O) groups is 1. The van der Waals surface area contributed by atoms with E-state index < -0.39 is 23.3 Å². The molecule has 2 rings (SSSR count). The lowest BCUT2D eigenvalue weighted by Crippen LogP contribution is -2.33. The van der Waals surface area contributed by atoms with E-state index >= 15 is 0 Å². The molecule has 4 nitrogen and oxygen atoms in total. The molecule has 0 bridgehead atoms. The number of amides is 1. The fraction of sp³-hybridized carbons (Fsp3) is 0.412. The fourth-order valence-electron chi connectivity index (χ4n) is 2.57. The molecule has 1 heterocycles. The van der Waals surface area contributed by atoms with E-state index in [1.807, 2.05) is 13.8 Å². The standard InChI is InChI=1S/C17H20F3N3O/c1-3-10-22(11-4-2)16(24)14-12-21-23(15(14)17(18,19)20)13-8-6-5-7-9-13/h5-9,12H,3-4,10-11H2,1-2H3. The summed E-state index contributed by atoms with van der Waals surface area (Å²) in [5, 5.41) is 3.83. The maximum Gasteiger partial charge on any atom is 0.434 e. The van der Waals surface area contributed by atoms with Gasteiger partial charge in [0.25, 0.3) is 5.91 Å². The Morgan fingerprint density at radius 3 is 2.21 bits per heavy atom. The van der Waals surface area contributed by atoms with Gasteiger partial charge in [-0.05, 0) is 25.0 Å². The first kappa shape index (κ1) is 18.0. The summed E-state index contributed by atoms with van der Waals surface area (Å²) in [4.78, 5) is 14.1. The molecule has 1 amide bonds. The number of hydrogen-bond donors (Lipinski definition) is 0. The van der Waals surface area contributed by atoms with Crippen molar-refractivity contribution in [3.8, 4) is 5.69 Å². The van der Waals surface area contributed by atoms with Gasteiger partial charge < -0.3 is 4.90 Å². The molecule has 0 aliphatic rings. The van der Waals surface area contributed by atoms with Crippen molar-refractivity contribution in [1.29, 1.82) is 0 Å². The second kappa shape index (κ2) is 7.51. The molecule has 2 aromatic rings. The van der Waals surface area contributed by atoms with Crippen molar-refractivity contribution < 1.29 is 18.0 Å². The first-order chi connectivity index (χ1) is 11.4. The molecular formula is C17H20F3N3O. The summed E-state index contributed by atoms with van der Waals surface area (Å²) in [6.07, 6.45) is -2.31. The van der Waals surface area contributed by atoms with Gasteiger partial charge in [0.05, 0.1) is 17.4 Å². The second-order valence-corrected chi connectivity index (χ2v) is 5.44. The van der Waals surface area contributed by atoms with Gasteiger partial charge in [-0.1, -0.05) is 32.0 Å². The van der Waals surface area contributed by atoms with Crippen LogP contribution in [0.2, 0.25) is 0 Å². The Bertz CT molecular complexity index is 674. The number of rotatable bonds is 6. The zero-order valence-corrected chi connectivity index (χ0v) is 13.7. The smallest absolute Gasteiger partial charge is 0.339 e. The van der Waals surface area contributed by atoms with Gasteiger partial charge in [0, 0.05) is 13.1 Å². The molecule has 7 heteroatoms. The Kier molecular flexibility index (Phi) is 5.64. The van der Waals surface area contributed by atoms with Crippen LogP contribution in [-0.2, 0) is 6.18 Å². The van der Waals surface area contributed by atoms with Gasteiger partial charge in [-0.15, -0.1) is 0 Å². The maximum absolute atomic E-state index is 13.6.